The van der Waals surface area contributed by atoms with Gasteiger partial charge in [0.05, 0.1) is 25.9 Å². The molecule has 26 heavy (non-hydrogen) atoms. The Morgan fingerprint density at radius 1 is 1.15 bits per heavy atom. The Morgan fingerprint density at radius 3 is 2.50 bits per heavy atom. The maximum absolute atomic E-state index is 9.58. The van der Waals surface area contributed by atoms with Crippen LogP contribution in [0.3, 0.4) is 0 Å². The minimum atomic E-state index is -0.0910. The summed E-state index contributed by atoms with van der Waals surface area (Å²) in [6.45, 7) is 15.9. The Bertz CT molecular complexity index is 416. The summed E-state index contributed by atoms with van der Waals surface area (Å²) in [5.74, 6) is 0.905. The van der Waals surface area contributed by atoms with Crippen LogP contribution in [0.4, 0.5) is 0 Å². The van der Waals surface area contributed by atoms with E-state index in [4.69, 9.17) is 9.73 Å². The first-order valence-corrected chi connectivity index (χ1v) is 10.3. The lowest BCUT2D eigenvalue weighted by Crippen LogP contribution is -2.52. The van der Waals surface area contributed by atoms with Crippen molar-refractivity contribution in [3.63, 3.8) is 0 Å². The third-order valence-electron chi connectivity index (χ3n) is 5.34. The number of rotatable bonds is 8. The molecule has 0 atom stereocenters. The highest BCUT2D eigenvalue weighted by molar-refractivity contribution is 5.79. The summed E-state index contributed by atoms with van der Waals surface area (Å²) in [7, 11) is 0. The number of piperidine rings is 1. The molecule has 0 aromatic rings. The van der Waals surface area contributed by atoms with Crippen LogP contribution in [-0.4, -0.2) is 98.1 Å². The van der Waals surface area contributed by atoms with E-state index in [1.807, 2.05) is 0 Å². The summed E-state index contributed by atoms with van der Waals surface area (Å²) in [4.78, 5) is 9.73. The topological polar surface area (TPSA) is 72.4 Å². The lowest BCUT2D eigenvalue weighted by Gasteiger charge is -2.39. The van der Waals surface area contributed by atoms with Crippen molar-refractivity contribution in [2.24, 2.45) is 4.99 Å². The molecular formula is C19H39N5O2. The van der Waals surface area contributed by atoms with Crippen LogP contribution in [0, 0.1) is 0 Å². The van der Waals surface area contributed by atoms with Gasteiger partial charge in [0.1, 0.15) is 0 Å². The van der Waals surface area contributed by atoms with E-state index in [9.17, 15) is 5.11 Å². The summed E-state index contributed by atoms with van der Waals surface area (Å²) in [6.07, 6.45) is 2.82. The molecule has 0 amide bonds. The van der Waals surface area contributed by atoms with Crippen LogP contribution in [-0.2, 0) is 4.74 Å². The van der Waals surface area contributed by atoms with E-state index in [0.717, 1.165) is 90.8 Å². The molecule has 0 saturated carbocycles. The number of morpholine rings is 1. The van der Waals surface area contributed by atoms with Gasteiger partial charge in [-0.25, -0.2) is 0 Å². The molecule has 3 N–H and O–H groups in total. The number of ether oxygens (including phenoxy) is 1. The molecule has 0 aromatic heterocycles. The highest BCUT2D eigenvalue weighted by Gasteiger charge is 2.28. The summed E-state index contributed by atoms with van der Waals surface area (Å²) >= 11 is 0. The lowest BCUT2D eigenvalue weighted by molar-refractivity contribution is -0.00683. The van der Waals surface area contributed by atoms with E-state index >= 15 is 0 Å². The predicted octanol–water partition coefficient (Wildman–Crippen LogP) is 0.499. The average molecular weight is 370 g/mol. The Balaban J connectivity index is 1.71. The van der Waals surface area contributed by atoms with Crippen LogP contribution in [0.25, 0.3) is 0 Å². The van der Waals surface area contributed by atoms with Crippen LogP contribution >= 0.6 is 0 Å². The van der Waals surface area contributed by atoms with Crippen LogP contribution in [0.15, 0.2) is 4.99 Å². The van der Waals surface area contributed by atoms with Gasteiger partial charge in [-0.05, 0) is 46.6 Å². The highest BCUT2D eigenvalue weighted by Crippen LogP contribution is 2.16. The van der Waals surface area contributed by atoms with Gasteiger partial charge in [0.15, 0.2) is 5.96 Å². The van der Waals surface area contributed by atoms with Crippen molar-refractivity contribution in [1.29, 1.82) is 0 Å². The van der Waals surface area contributed by atoms with E-state index in [1.165, 1.54) is 0 Å². The number of nitrogens with one attached hydrogen (secondary N) is 2. The molecule has 0 aromatic carbocycles. The molecular weight excluding hydrogens is 330 g/mol. The first kappa shape index (κ1) is 21.4. The number of aliphatic hydroxyl groups is 1. The number of nitrogens with zero attached hydrogens (tertiary/aromatic N) is 3. The number of hydrogen-bond acceptors (Lipinski definition) is 5. The standard InChI is InChI=1S/C19H39N5O2/c1-4-20-18(21-8-5-9-23-10-6-17(25)7-11-23)22-16-19(2,3)24-12-14-26-15-13-24/h17,25H,4-16H2,1-3H3,(H2,20,21,22). The highest BCUT2D eigenvalue weighted by atomic mass is 16.5. The molecule has 152 valence electrons. The Kier molecular flexibility index (Phi) is 9.11. The molecule has 0 spiro atoms. The quantitative estimate of drug-likeness (QED) is 0.329. The molecule has 2 rings (SSSR count). The van der Waals surface area contributed by atoms with Crippen molar-refractivity contribution in [3.8, 4) is 0 Å². The zero-order valence-corrected chi connectivity index (χ0v) is 17.0. The van der Waals surface area contributed by atoms with Gasteiger partial charge in [-0.1, -0.05) is 0 Å². The second kappa shape index (κ2) is 11.1. The van der Waals surface area contributed by atoms with Gasteiger partial charge in [0, 0.05) is 44.8 Å². The zero-order valence-electron chi connectivity index (χ0n) is 17.0. The number of hydrogen-bond donors (Lipinski definition) is 3. The van der Waals surface area contributed by atoms with Crippen molar-refractivity contribution in [1.82, 2.24) is 20.4 Å². The van der Waals surface area contributed by atoms with Gasteiger partial charge in [-0.15, -0.1) is 0 Å². The van der Waals surface area contributed by atoms with E-state index in [2.05, 4.69) is 41.2 Å². The van der Waals surface area contributed by atoms with Gasteiger partial charge >= 0.3 is 0 Å². The van der Waals surface area contributed by atoms with Crippen molar-refractivity contribution in [2.45, 2.75) is 51.7 Å². The minimum Gasteiger partial charge on any atom is -0.393 e. The van der Waals surface area contributed by atoms with Crippen LogP contribution in [0.1, 0.15) is 40.0 Å². The molecule has 0 aliphatic carbocycles. The van der Waals surface area contributed by atoms with Crippen LogP contribution < -0.4 is 10.6 Å². The van der Waals surface area contributed by atoms with Gasteiger partial charge in [-0.3, -0.25) is 9.89 Å². The van der Waals surface area contributed by atoms with Gasteiger partial charge in [0.2, 0.25) is 0 Å². The molecule has 0 unspecified atom stereocenters. The average Bonchev–Trinajstić information content (AvgIpc) is 2.65. The zero-order chi connectivity index (χ0) is 18.8. The maximum atomic E-state index is 9.58. The fourth-order valence-corrected chi connectivity index (χ4v) is 3.54. The molecule has 2 aliphatic rings. The largest absolute Gasteiger partial charge is 0.393 e. The van der Waals surface area contributed by atoms with Gasteiger partial charge in [-0.2, -0.15) is 0 Å². The van der Waals surface area contributed by atoms with E-state index in [1.54, 1.807) is 0 Å². The monoisotopic (exact) mass is 369 g/mol. The number of guanidine groups is 1. The number of likely N-dealkylation sites (tertiary alicyclic amines) is 1. The molecule has 0 radical (unpaired) electrons. The third kappa shape index (κ3) is 7.39. The smallest absolute Gasteiger partial charge is 0.191 e. The second-order valence-electron chi connectivity index (χ2n) is 7.96. The molecule has 2 saturated heterocycles. The molecule has 2 heterocycles. The van der Waals surface area contributed by atoms with Crippen molar-refractivity contribution < 1.29 is 9.84 Å². The molecule has 2 fully saturated rings. The van der Waals surface area contributed by atoms with E-state index in [-0.39, 0.29) is 11.6 Å². The fraction of sp³-hybridized carbons (Fsp3) is 0.947. The summed E-state index contributed by atoms with van der Waals surface area (Å²) in [6, 6.07) is 0. The fourth-order valence-electron chi connectivity index (χ4n) is 3.54. The second-order valence-corrected chi connectivity index (χ2v) is 7.96. The Labute approximate surface area is 159 Å². The molecule has 0 bridgehead atoms. The third-order valence-corrected chi connectivity index (χ3v) is 5.34. The van der Waals surface area contributed by atoms with Crippen molar-refractivity contribution in [2.75, 3.05) is 65.6 Å². The predicted molar refractivity (Wildman–Crippen MR) is 107 cm³/mol. The van der Waals surface area contributed by atoms with Crippen LogP contribution in [0.2, 0.25) is 0 Å². The molecule has 2 aliphatic heterocycles. The van der Waals surface area contributed by atoms with Gasteiger partial charge in [0.25, 0.3) is 0 Å². The normalized spacial score (nSPS) is 21.8. The Morgan fingerprint density at radius 2 is 1.85 bits per heavy atom. The summed E-state index contributed by atoms with van der Waals surface area (Å²) < 4.78 is 5.46. The first-order valence-electron chi connectivity index (χ1n) is 10.3. The SMILES string of the molecule is CCNC(=NCC(C)(C)N1CCOCC1)NCCCN1CCC(O)CC1. The summed E-state index contributed by atoms with van der Waals surface area (Å²) in [5, 5.41) is 16.4. The van der Waals surface area contributed by atoms with E-state index < -0.39 is 0 Å². The van der Waals surface area contributed by atoms with Crippen molar-refractivity contribution in [3.05, 3.63) is 0 Å². The lowest BCUT2D eigenvalue weighted by atomic mass is 10.0. The Hall–Kier alpha value is -0.890. The summed E-state index contributed by atoms with van der Waals surface area (Å²) in [5.41, 5.74) is 0.0424. The first-order chi connectivity index (χ1) is 12.5. The van der Waals surface area contributed by atoms with Crippen LogP contribution in [0.5, 0.6) is 0 Å². The number of aliphatic imine (C=N–C) groups is 1. The van der Waals surface area contributed by atoms with Gasteiger partial charge < -0.3 is 25.4 Å². The molecule has 7 nitrogen and oxygen atoms in total. The maximum Gasteiger partial charge on any atom is 0.191 e. The molecule has 7 heteroatoms. The number of aliphatic hydroxyl groups excluding tert-OH is 1. The van der Waals surface area contributed by atoms with Crippen molar-refractivity contribution >= 4 is 5.96 Å². The minimum absolute atomic E-state index is 0.0424. The van der Waals surface area contributed by atoms with E-state index in [0.29, 0.717) is 0 Å².